The number of carbonyl (C=O) groups excluding carboxylic acids is 2. The van der Waals surface area contributed by atoms with Gasteiger partial charge in [-0.15, -0.1) is 10.1 Å². The molecule has 0 aromatic heterocycles. The summed E-state index contributed by atoms with van der Waals surface area (Å²) in [6.45, 7) is 0. The van der Waals surface area contributed by atoms with E-state index in [4.69, 9.17) is 21.1 Å². The Labute approximate surface area is 196 Å². The van der Waals surface area contributed by atoms with Crippen LogP contribution in [0.4, 0.5) is 0 Å². The van der Waals surface area contributed by atoms with E-state index in [1.165, 1.54) is 0 Å². The molecule has 0 bridgehead atoms. The first-order valence-electron chi connectivity index (χ1n) is 10.3. The molecule has 1 heterocycles. The number of nitrogens with zero attached hydrogens (tertiary/aromatic N) is 1. The molecule has 2 amide bonds. The first-order valence-corrected chi connectivity index (χ1v) is 10.6. The average Bonchev–Trinajstić information content (AvgIpc) is 3.13. The molecule has 7 nitrogen and oxygen atoms in total. The Morgan fingerprint density at radius 3 is 2.36 bits per heavy atom. The van der Waals surface area contributed by atoms with E-state index in [1.807, 2.05) is 54.7 Å². The topological polar surface area (TPSA) is 79.7 Å². The molecule has 2 N–H and O–H groups in total. The molecule has 1 saturated heterocycles. The fraction of sp³-hybridized carbons (Fsp3) is 0.160. The van der Waals surface area contributed by atoms with E-state index >= 15 is 0 Å². The van der Waals surface area contributed by atoms with Crippen molar-refractivity contribution in [2.24, 2.45) is 0 Å². The lowest BCUT2D eigenvalue weighted by atomic mass is 9.99. The molecule has 2 atom stereocenters. The SMILES string of the molecule is COc1ccc([C@H]2[C@@H](NC(=O)c3ccc(Cl)cc3)C(=O)N/[N+]2=C\c2cccc(OC)c2)cc1. The van der Waals surface area contributed by atoms with Crippen molar-refractivity contribution in [1.29, 1.82) is 0 Å². The minimum atomic E-state index is -0.830. The Balaban J connectivity index is 1.70. The molecule has 3 aromatic rings. The third-order valence-electron chi connectivity index (χ3n) is 5.37. The summed E-state index contributed by atoms with van der Waals surface area (Å²) >= 11 is 5.93. The number of ether oxygens (including phenoxy) is 2. The van der Waals surface area contributed by atoms with E-state index < -0.39 is 12.1 Å². The molecule has 8 heteroatoms. The maximum Gasteiger partial charge on any atom is 0.304 e. The van der Waals surface area contributed by atoms with Crippen LogP contribution in [-0.4, -0.2) is 43.0 Å². The van der Waals surface area contributed by atoms with Gasteiger partial charge in [0.2, 0.25) is 12.3 Å². The van der Waals surface area contributed by atoms with Crippen molar-refractivity contribution in [2.75, 3.05) is 14.2 Å². The highest BCUT2D eigenvalue weighted by atomic mass is 35.5. The van der Waals surface area contributed by atoms with Crippen LogP contribution in [0.5, 0.6) is 11.5 Å². The average molecular weight is 465 g/mol. The maximum atomic E-state index is 13.0. The van der Waals surface area contributed by atoms with Crippen LogP contribution < -0.4 is 20.2 Å². The number of hydrazone groups is 1. The highest BCUT2D eigenvalue weighted by molar-refractivity contribution is 6.30. The summed E-state index contributed by atoms with van der Waals surface area (Å²) in [5, 5.41) is 3.40. The molecule has 0 saturated carbocycles. The number of methoxy groups -OCH3 is 2. The number of amides is 2. The van der Waals surface area contributed by atoms with E-state index in [-0.39, 0.29) is 11.8 Å². The number of halogens is 1. The number of hydrogen-bond donors (Lipinski definition) is 2. The Hall–Kier alpha value is -3.84. The molecule has 0 unspecified atom stereocenters. The Bertz CT molecular complexity index is 1190. The summed E-state index contributed by atoms with van der Waals surface area (Å²) in [5.74, 6) is 0.704. The van der Waals surface area contributed by atoms with Crippen molar-refractivity contribution >= 4 is 29.6 Å². The molecule has 0 radical (unpaired) electrons. The van der Waals surface area contributed by atoms with Gasteiger partial charge in [0.15, 0.2) is 6.04 Å². The lowest BCUT2D eigenvalue weighted by Crippen LogP contribution is -2.42. The highest BCUT2D eigenvalue weighted by Gasteiger charge is 2.47. The zero-order chi connectivity index (χ0) is 23.4. The minimum Gasteiger partial charge on any atom is -0.497 e. The van der Waals surface area contributed by atoms with Gasteiger partial charge in [-0.2, -0.15) is 0 Å². The van der Waals surface area contributed by atoms with Gasteiger partial charge in [0.1, 0.15) is 11.5 Å². The standard InChI is InChI=1S/C25H22ClN3O4/c1-32-20-12-8-17(9-13-20)23-22(27-24(30)18-6-10-19(26)11-7-18)25(31)28-29(23)15-16-4-3-5-21(14-16)33-2/h3-15,22-23H,1-2H3,(H-,27,28,30,31)/p+1/b29-15-/t22-,23+/m1/s1. The molecule has 4 rings (SSSR count). The number of carbonyl (C=O) groups is 2. The third kappa shape index (κ3) is 4.99. The lowest BCUT2D eigenvalue weighted by molar-refractivity contribution is -0.596. The van der Waals surface area contributed by atoms with E-state index in [0.29, 0.717) is 22.1 Å². The lowest BCUT2D eigenvalue weighted by Gasteiger charge is -2.15. The number of hydrazine groups is 1. The van der Waals surface area contributed by atoms with E-state index in [1.54, 1.807) is 43.2 Å². The smallest absolute Gasteiger partial charge is 0.304 e. The predicted molar refractivity (Wildman–Crippen MR) is 125 cm³/mol. The van der Waals surface area contributed by atoms with Crippen LogP contribution in [0.15, 0.2) is 72.8 Å². The summed E-state index contributed by atoms with van der Waals surface area (Å²) < 4.78 is 12.3. The van der Waals surface area contributed by atoms with Gasteiger partial charge in [0.25, 0.3) is 5.91 Å². The number of nitrogens with one attached hydrogen (secondary N) is 2. The molecule has 1 aliphatic rings. The quantitative estimate of drug-likeness (QED) is 0.548. The fourth-order valence-corrected chi connectivity index (χ4v) is 3.82. The third-order valence-corrected chi connectivity index (χ3v) is 5.62. The van der Waals surface area contributed by atoms with Crippen molar-refractivity contribution in [3.05, 3.63) is 94.5 Å². The Morgan fingerprint density at radius 2 is 1.70 bits per heavy atom. The monoisotopic (exact) mass is 464 g/mol. The van der Waals surface area contributed by atoms with Gasteiger partial charge in [-0.1, -0.05) is 17.7 Å². The van der Waals surface area contributed by atoms with Gasteiger partial charge in [-0.25, -0.2) is 0 Å². The highest BCUT2D eigenvalue weighted by Crippen LogP contribution is 2.27. The van der Waals surface area contributed by atoms with Gasteiger partial charge in [-0.05, 0) is 66.7 Å². The first-order chi connectivity index (χ1) is 16.0. The normalized spacial score (nSPS) is 18.6. The molecule has 168 valence electrons. The molecule has 1 aliphatic heterocycles. The molecular weight excluding hydrogens is 442 g/mol. The van der Waals surface area contributed by atoms with Crippen molar-refractivity contribution < 1.29 is 23.7 Å². The van der Waals surface area contributed by atoms with Crippen LogP contribution in [0.1, 0.15) is 27.5 Å². The second-order valence-corrected chi connectivity index (χ2v) is 7.90. The molecule has 33 heavy (non-hydrogen) atoms. The fourth-order valence-electron chi connectivity index (χ4n) is 3.69. The Morgan fingerprint density at radius 1 is 1.00 bits per heavy atom. The summed E-state index contributed by atoms with van der Waals surface area (Å²) in [5.41, 5.74) is 4.94. The first kappa shape index (κ1) is 22.4. The number of benzene rings is 3. The van der Waals surface area contributed by atoms with Gasteiger partial charge < -0.3 is 14.8 Å². The van der Waals surface area contributed by atoms with Crippen LogP contribution in [-0.2, 0) is 4.79 Å². The summed E-state index contributed by atoms with van der Waals surface area (Å²) in [7, 11) is 3.19. The second kappa shape index (κ2) is 9.75. The summed E-state index contributed by atoms with van der Waals surface area (Å²) in [6, 6.07) is 20.0. The molecular formula is C25H23ClN3O4+. The van der Waals surface area contributed by atoms with Crippen molar-refractivity contribution in [1.82, 2.24) is 10.7 Å². The molecule has 3 aromatic carbocycles. The molecule has 0 aliphatic carbocycles. The minimum absolute atomic E-state index is 0.322. The Kier molecular flexibility index (Phi) is 6.60. The van der Waals surface area contributed by atoms with Crippen LogP contribution in [0.25, 0.3) is 0 Å². The largest absolute Gasteiger partial charge is 0.497 e. The summed E-state index contributed by atoms with van der Waals surface area (Å²) in [6.07, 6.45) is 1.81. The van der Waals surface area contributed by atoms with E-state index in [2.05, 4.69) is 10.7 Å². The van der Waals surface area contributed by atoms with Crippen LogP contribution >= 0.6 is 11.6 Å². The maximum absolute atomic E-state index is 13.0. The zero-order valence-electron chi connectivity index (χ0n) is 18.1. The van der Waals surface area contributed by atoms with Crippen LogP contribution in [0.3, 0.4) is 0 Å². The molecule has 1 fully saturated rings. The molecule has 0 spiro atoms. The number of rotatable bonds is 6. The van der Waals surface area contributed by atoms with Crippen molar-refractivity contribution in [3.63, 3.8) is 0 Å². The summed E-state index contributed by atoms with van der Waals surface area (Å²) in [4.78, 5) is 25.9. The number of hydrogen-bond acceptors (Lipinski definition) is 4. The van der Waals surface area contributed by atoms with Crippen LogP contribution in [0, 0.1) is 0 Å². The second-order valence-electron chi connectivity index (χ2n) is 7.47. The van der Waals surface area contributed by atoms with Gasteiger partial charge in [0.05, 0.1) is 14.2 Å². The predicted octanol–water partition coefficient (Wildman–Crippen LogP) is 3.37. The van der Waals surface area contributed by atoms with E-state index in [0.717, 1.165) is 11.1 Å². The van der Waals surface area contributed by atoms with Crippen LogP contribution in [0.2, 0.25) is 5.02 Å². The van der Waals surface area contributed by atoms with Crippen molar-refractivity contribution in [2.45, 2.75) is 12.1 Å². The van der Waals surface area contributed by atoms with Crippen molar-refractivity contribution in [3.8, 4) is 11.5 Å². The van der Waals surface area contributed by atoms with Gasteiger partial charge in [0, 0.05) is 21.7 Å². The van der Waals surface area contributed by atoms with E-state index in [9.17, 15) is 9.59 Å². The van der Waals surface area contributed by atoms with Gasteiger partial charge in [-0.3, -0.25) is 9.59 Å². The van der Waals surface area contributed by atoms with Gasteiger partial charge >= 0.3 is 5.91 Å². The zero-order valence-corrected chi connectivity index (χ0v) is 18.9.